The van der Waals surface area contributed by atoms with Gasteiger partial charge in [0.05, 0.1) is 10.6 Å². The first-order chi connectivity index (χ1) is 9.06. The average molecular weight is 276 g/mol. The Morgan fingerprint density at radius 2 is 1.89 bits per heavy atom. The van der Waals surface area contributed by atoms with Crippen molar-refractivity contribution in [2.24, 2.45) is 0 Å². The molecule has 0 atom stereocenters. The Morgan fingerprint density at radius 1 is 1.21 bits per heavy atom. The van der Waals surface area contributed by atoms with E-state index in [1.807, 2.05) is 13.0 Å². The summed E-state index contributed by atoms with van der Waals surface area (Å²) in [5.74, 6) is -0.00488. The van der Waals surface area contributed by atoms with Crippen LogP contribution in [-0.2, 0) is 6.54 Å². The first-order valence-electron chi connectivity index (χ1n) is 5.88. The quantitative estimate of drug-likeness (QED) is 0.903. The SMILES string of the molecule is Cc1ccc(C(=O)NCc2ccc(O)cc2)c(Cl)c1. The van der Waals surface area contributed by atoms with Gasteiger partial charge in [-0.3, -0.25) is 4.79 Å². The van der Waals surface area contributed by atoms with Gasteiger partial charge < -0.3 is 10.4 Å². The Balaban J connectivity index is 2.03. The van der Waals surface area contributed by atoms with E-state index in [0.717, 1.165) is 11.1 Å². The number of nitrogens with one attached hydrogen (secondary N) is 1. The lowest BCUT2D eigenvalue weighted by atomic mass is 10.1. The van der Waals surface area contributed by atoms with E-state index in [1.54, 1.807) is 36.4 Å². The van der Waals surface area contributed by atoms with Crippen LogP contribution >= 0.6 is 11.6 Å². The predicted octanol–water partition coefficient (Wildman–Crippen LogP) is 3.28. The number of aromatic hydroxyl groups is 1. The molecule has 3 nitrogen and oxygen atoms in total. The van der Waals surface area contributed by atoms with E-state index in [2.05, 4.69) is 5.32 Å². The third-order valence-corrected chi connectivity index (χ3v) is 3.07. The minimum Gasteiger partial charge on any atom is -0.508 e. The van der Waals surface area contributed by atoms with Gasteiger partial charge in [-0.2, -0.15) is 0 Å². The standard InChI is InChI=1S/C15H14ClNO2/c1-10-2-7-13(14(16)8-10)15(19)17-9-11-3-5-12(18)6-4-11/h2-8,18H,9H2,1H3,(H,17,19). The molecule has 0 saturated carbocycles. The van der Waals surface area contributed by atoms with Crippen LogP contribution in [0.5, 0.6) is 5.75 Å². The van der Waals surface area contributed by atoms with Crippen molar-refractivity contribution in [2.45, 2.75) is 13.5 Å². The fourth-order valence-electron chi connectivity index (χ4n) is 1.70. The second-order valence-electron chi connectivity index (χ2n) is 4.33. The Labute approximate surface area is 116 Å². The van der Waals surface area contributed by atoms with Gasteiger partial charge in [0.25, 0.3) is 5.91 Å². The number of phenols is 1. The molecule has 2 aromatic carbocycles. The first kappa shape index (κ1) is 13.4. The molecule has 0 aliphatic rings. The molecule has 19 heavy (non-hydrogen) atoms. The Morgan fingerprint density at radius 3 is 2.53 bits per heavy atom. The van der Waals surface area contributed by atoms with Crippen molar-refractivity contribution in [3.8, 4) is 5.75 Å². The van der Waals surface area contributed by atoms with Crippen LogP contribution in [0.25, 0.3) is 0 Å². The maximum Gasteiger partial charge on any atom is 0.253 e. The largest absolute Gasteiger partial charge is 0.508 e. The van der Waals surface area contributed by atoms with Gasteiger partial charge in [0.15, 0.2) is 0 Å². The number of halogens is 1. The summed E-state index contributed by atoms with van der Waals surface area (Å²) in [5, 5.41) is 12.4. The molecule has 2 aromatic rings. The molecule has 4 heteroatoms. The lowest BCUT2D eigenvalue weighted by Crippen LogP contribution is -2.23. The van der Waals surface area contributed by atoms with E-state index in [9.17, 15) is 4.79 Å². The van der Waals surface area contributed by atoms with Gasteiger partial charge in [0.1, 0.15) is 5.75 Å². The number of aryl methyl sites for hydroxylation is 1. The van der Waals surface area contributed by atoms with Crippen molar-refractivity contribution in [2.75, 3.05) is 0 Å². The van der Waals surface area contributed by atoms with Crippen LogP contribution in [0.3, 0.4) is 0 Å². The number of benzene rings is 2. The number of carbonyl (C=O) groups is 1. The molecular formula is C15H14ClNO2. The summed E-state index contributed by atoms with van der Waals surface area (Å²) in [6, 6.07) is 12.0. The lowest BCUT2D eigenvalue weighted by Gasteiger charge is -2.07. The molecule has 98 valence electrons. The van der Waals surface area contributed by atoms with E-state index in [4.69, 9.17) is 16.7 Å². The van der Waals surface area contributed by atoms with Crippen LogP contribution in [0.2, 0.25) is 5.02 Å². The number of hydrogen-bond donors (Lipinski definition) is 2. The van der Waals surface area contributed by atoms with E-state index in [1.165, 1.54) is 0 Å². The van der Waals surface area contributed by atoms with Crippen LogP contribution < -0.4 is 5.32 Å². The van der Waals surface area contributed by atoms with Gasteiger partial charge in [0.2, 0.25) is 0 Å². The fourth-order valence-corrected chi connectivity index (χ4v) is 2.02. The second-order valence-corrected chi connectivity index (χ2v) is 4.74. The average Bonchev–Trinajstić information content (AvgIpc) is 2.37. The molecule has 0 fully saturated rings. The van der Waals surface area contributed by atoms with E-state index in [-0.39, 0.29) is 11.7 Å². The van der Waals surface area contributed by atoms with Crippen LogP contribution in [0, 0.1) is 6.92 Å². The summed E-state index contributed by atoms with van der Waals surface area (Å²) in [4.78, 5) is 12.0. The summed E-state index contributed by atoms with van der Waals surface area (Å²) in [6.07, 6.45) is 0. The van der Waals surface area contributed by atoms with Crippen LogP contribution in [0.15, 0.2) is 42.5 Å². The van der Waals surface area contributed by atoms with Crippen molar-refractivity contribution in [3.05, 3.63) is 64.2 Å². The van der Waals surface area contributed by atoms with Crippen molar-refractivity contribution >= 4 is 17.5 Å². The zero-order valence-electron chi connectivity index (χ0n) is 10.5. The number of phenolic OH excluding ortho intramolecular Hbond substituents is 1. The predicted molar refractivity (Wildman–Crippen MR) is 75.5 cm³/mol. The highest BCUT2D eigenvalue weighted by molar-refractivity contribution is 6.33. The van der Waals surface area contributed by atoms with Crippen molar-refractivity contribution in [1.29, 1.82) is 0 Å². The van der Waals surface area contributed by atoms with Crippen molar-refractivity contribution < 1.29 is 9.90 Å². The summed E-state index contributed by atoms with van der Waals surface area (Å²) in [7, 11) is 0. The van der Waals surface area contributed by atoms with Crippen molar-refractivity contribution in [3.63, 3.8) is 0 Å². The van der Waals surface area contributed by atoms with Crippen molar-refractivity contribution in [1.82, 2.24) is 5.32 Å². The van der Waals surface area contributed by atoms with Gasteiger partial charge in [-0.05, 0) is 42.3 Å². The number of hydrogen-bond acceptors (Lipinski definition) is 2. The second kappa shape index (κ2) is 5.76. The number of rotatable bonds is 3. The normalized spacial score (nSPS) is 10.2. The molecule has 0 aliphatic heterocycles. The third kappa shape index (κ3) is 3.48. The molecule has 0 radical (unpaired) electrons. The lowest BCUT2D eigenvalue weighted by molar-refractivity contribution is 0.0951. The topological polar surface area (TPSA) is 49.3 Å². The Bertz CT molecular complexity index is 594. The van der Waals surface area contributed by atoms with E-state index < -0.39 is 0 Å². The van der Waals surface area contributed by atoms with E-state index in [0.29, 0.717) is 17.1 Å². The van der Waals surface area contributed by atoms with Crippen LogP contribution in [0.1, 0.15) is 21.5 Å². The molecular weight excluding hydrogens is 262 g/mol. The highest BCUT2D eigenvalue weighted by Gasteiger charge is 2.09. The van der Waals surface area contributed by atoms with Crippen LogP contribution in [0.4, 0.5) is 0 Å². The van der Waals surface area contributed by atoms with Gasteiger partial charge in [-0.25, -0.2) is 0 Å². The van der Waals surface area contributed by atoms with Gasteiger partial charge in [-0.1, -0.05) is 29.8 Å². The molecule has 1 amide bonds. The molecule has 0 aromatic heterocycles. The third-order valence-electron chi connectivity index (χ3n) is 2.76. The fraction of sp³-hybridized carbons (Fsp3) is 0.133. The van der Waals surface area contributed by atoms with Gasteiger partial charge in [-0.15, -0.1) is 0 Å². The summed E-state index contributed by atoms with van der Waals surface area (Å²) < 4.78 is 0. The minimum absolute atomic E-state index is 0.205. The zero-order valence-corrected chi connectivity index (χ0v) is 11.2. The maximum absolute atomic E-state index is 12.0. The highest BCUT2D eigenvalue weighted by atomic mass is 35.5. The molecule has 2 rings (SSSR count). The van der Waals surface area contributed by atoms with Crippen LogP contribution in [-0.4, -0.2) is 11.0 Å². The maximum atomic E-state index is 12.0. The molecule has 2 N–H and O–H groups in total. The Hall–Kier alpha value is -2.00. The molecule has 0 unspecified atom stereocenters. The van der Waals surface area contributed by atoms with Gasteiger partial charge in [0, 0.05) is 6.54 Å². The number of amides is 1. The zero-order chi connectivity index (χ0) is 13.8. The number of carbonyl (C=O) groups excluding carboxylic acids is 1. The molecule has 0 bridgehead atoms. The molecule has 0 saturated heterocycles. The highest BCUT2D eigenvalue weighted by Crippen LogP contribution is 2.17. The summed E-state index contributed by atoms with van der Waals surface area (Å²) in [5.41, 5.74) is 2.39. The van der Waals surface area contributed by atoms with E-state index >= 15 is 0 Å². The van der Waals surface area contributed by atoms with Gasteiger partial charge >= 0.3 is 0 Å². The first-order valence-corrected chi connectivity index (χ1v) is 6.26. The minimum atomic E-state index is -0.210. The smallest absolute Gasteiger partial charge is 0.253 e. The summed E-state index contributed by atoms with van der Waals surface area (Å²) >= 11 is 6.03. The monoisotopic (exact) mass is 275 g/mol. The Kier molecular flexibility index (Phi) is 4.07. The molecule has 0 heterocycles. The molecule has 0 spiro atoms. The summed E-state index contributed by atoms with van der Waals surface area (Å²) in [6.45, 7) is 2.31. The molecule has 0 aliphatic carbocycles.